The lowest BCUT2D eigenvalue weighted by Gasteiger charge is -2.26. The fraction of sp³-hybridized carbons (Fsp3) is 0.304. The third-order valence-electron chi connectivity index (χ3n) is 5.35. The SMILES string of the molecule is CC(C)c1nccn1C[C@H]1CC(c2ccccc2)(c2ccccc2)C(=O)O1. The van der Waals surface area contributed by atoms with Crippen LogP contribution in [-0.2, 0) is 21.5 Å². The van der Waals surface area contributed by atoms with E-state index in [0.29, 0.717) is 18.9 Å². The topological polar surface area (TPSA) is 44.1 Å². The molecule has 27 heavy (non-hydrogen) atoms. The monoisotopic (exact) mass is 360 g/mol. The molecule has 0 N–H and O–H groups in total. The zero-order valence-corrected chi connectivity index (χ0v) is 15.7. The van der Waals surface area contributed by atoms with Crippen molar-refractivity contribution in [1.29, 1.82) is 0 Å². The van der Waals surface area contributed by atoms with Crippen LogP contribution >= 0.6 is 0 Å². The molecule has 0 spiro atoms. The number of rotatable bonds is 5. The van der Waals surface area contributed by atoms with Gasteiger partial charge >= 0.3 is 5.97 Å². The van der Waals surface area contributed by atoms with Crippen LogP contribution in [0.15, 0.2) is 73.1 Å². The van der Waals surface area contributed by atoms with Crippen molar-refractivity contribution in [3.8, 4) is 0 Å². The van der Waals surface area contributed by atoms with E-state index in [1.165, 1.54) is 0 Å². The maximum absolute atomic E-state index is 13.2. The highest BCUT2D eigenvalue weighted by Crippen LogP contribution is 2.43. The summed E-state index contributed by atoms with van der Waals surface area (Å²) in [5.41, 5.74) is 1.21. The van der Waals surface area contributed by atoms with Gasteiger partial charge in [0.25, 0.3) is 0 Å². The molecule has 1 saturated heterocycles. The van der Waals surface area contributed by atoms with E-state index in [-0.39, 0.29) is 12.1 Å². The Morgan fingerprint density at radius 3 is 2.22 bits per heavy atom. The lowest BCUT2D eigenvalue weighted by atomic mass is 9.72. The molecule has 4 nitrogen and oxygen atoms in total. The molecule has 4 rings (SSSR count). The van der Waals surface area contributed by atoms with Crippen LogP contribution in [0.5, 0.6) is 0 Å². The van der Waals surface area contributed by atoms with Crippen molar-refractivity contribution in [2.45, 2.75) is 44.2 Å². The highest BCUT2D eigenvalue weighted by molar-refractivity contribution is 5.89. The average molecular weight is 360 g/mol. The van der Waals surface area contributed by atoms with Gasteiger partial charge in [-0.05, 0) is 11.1 Å². The first-order valence-electron chi connectivity index (χ1n) is 9.44. The lowest BCUT2D eigenvalue weighted by Crippen LogP contribution is -2.33. The summed E-state index contributed by atoms with van der Waals surface area (Å²) in [5, 5.41) is 0. The van der Waals surface area contributed by atoms with Crippen molar-refractivity contribution in [2.24, 2.45) is 0 Å². The number of hydrogen-bond acceptors (Lipinski definition) is 3. The molecule has 1 fully saturated rings. The number of benzene rings is 2. The number of aromatic nitrogens is 2. The van der Waals surface area contributed by atoms with Gasteiger partial charge in [-0.2, -0.15) is 0 Å². The average Bonchev–Trinajstić information content (AvgIpc) is 3.28. The summed E-state index contributed by atoms with van der Waals surface area (Å²) in [7, 11) is 0. The highest BCUT2D eigenvalue weighted by Gasteiger charge is 2.51. The molecule has 0 radical (unpaired) electrons. The van der Waals surface area contributed by atoms with Crippen molar-refractivity contribution in [1.82, 2.24) is 9.55 Å². The van der Waals surface area contributed by atoms with Crippen LogP contribution in [-0.4, -0.2) is 21.6 Å². The number of hydrogen-bond donors (Lipinski definition) is 0. The van der Waals surface area contributed by atoms with Gasteiger partial charge in [-0.1, -0.05) is 74.5 Å². The Hall–Kier alpha value is -2.88. The van der Waals surface area contributed by atoms with E-state index in [2.05, 4.69) is 23.4 Å². The largest absolute Gasteiger partial charge is 0.459 e. The third kappa shape index (κ3) is 3.05. The van der Waals surface area contributed by atoms with E-state index >= 15 is 0 Å². The number of ether oxygens (including phenoxy) is 1. The van der Waals surface area contributed by atoms with E-state index in [1.807, 2.05) is 73.1 Å². The van der Waals surface area contributed by atoms with Gasteiger partial charge in [0.2, 0.25) is 0 Å². The van der Waals surface area contributed by atoms with Crippen molar-refractivity contribution >= 4 is 5.97 Å². The van der Waals surface area contributed by atoms with Crippen molar-refractivity contribution < 1.29 is 9.53 Å². The van der Waals surface area contributed by atoms with Crippen molar-refractivity contribution in [3.05, 3.63) is 90.0 Å². The smallest absolute Gasteiger partial charge is 0.321 e. The normalized spacial score (nSPS) is 18.6. The lowest BCUT2D eigenvalue weighted by molar-refractivity contribution is -0.145. The molecule has 0 amide bonds. The van der Waals surface area contributed by atoms with Gasteiger partial charge in [-0.3, -0.25) is 4.79 Å². The Kier molecular flexibility index (Phi) is 4.56. The fourth-order valence-corrected chi connectivity index (χ4v) is 4.10. The molecule has 0 saturated carbocycles. The van der Waals surface area contributed by atoms with Gasteiger partial charge in [0.05, 0.1) is 6.54 Å². The molecule has 1 aliphatic rings. The van der Waals surface area contributed by atoms with E-state index in [1.54, 1.807) is 0 Å². The third-order valence-corrected chi connectivity index (χ3v) is 5.35. The second-order valence-corrected chi connectivity index (χ2v) is 7.46. The molecule has 0 aliphatic carbocycles. The molecule has 2 aromatic carbocycles. The summed E-state index contributed by atoms with van der Waals surface area (Å²) >= 11 is 0. The molecule has 2 heterocycles. The first kappa shape index (κ1) is 17.5. The molecule has 4 heteroatoms. The van der Waals surface area contributed by atoms with Gasteiger partial charge in [0.15, 0.2) is 0 Å². The van der Waals surface area contributed by atoms with E-state index in [0.717, 1.165) is 17.0 Å². The summed E-state index contributed by atoms with van der Waals surface area (Å²) in [6.07, 6.45) is 4.21. The summed E-state index contributed by atoms with van der Waals surface area (Å²) in [6, 6.07) is 19.9. The highest BCUT2D eigenvalue weighted by atomic mass is 16.6. The Morgan fingerprint density at radius 1 is 1.07 bits per heavy atom. The molecule has 138 valence electrons. The van der Waals surface area contributed by atoms with Crippen molar-refractivity contribution in [3.63, 3.8) is 0 Å². The van der Waals surface area contributed by atoms with Crippen LogP contribution in [0, 0.1) is 0 Å². The van der Waals surface area contributed by atoms with Crippen LogP contribution in [0.2, 0.25) is 0 Å². The quantitative estimate of drug-likeness (QED) is 0.637. The van der Waals surface area contributed by atoms with E-state index in [4.69, 9.17) is 4.74 Å². The fourth-order valence-electron chi connectivity index (χ4n) is 4.10. The predicted octanol–water partition coefficient (Wildman–Crippen LogP) is 4.31. The van der Waals surface area contributed by atoms with Crippen molar-refractivity contribution in [2.75, 3.05) is 0 Å². The van der Waals surface area contributed by atoms with E-state index < -0.39 is 5.41 Å². The van der Waals surface area contributed by atoms with Crippen LogP contribution in [0.4, 0.5) is 0 Å². The van der Waals surface area contributed by atoms with Gasteiger partial charge in [-0.15, -0.1) is 0 Å². The first-order chi connectivity index (χ1) is 13.1. The predicted molar refractivity (Wildman–Crippen MR) is 104 cm³/mol. The number of cyclic esters (lactones) is 1. The molecule has 0 bridgehead atoms. The minimum absolute atomic E-state index is 0.170. The summed E-state index contributed by atoms with van der Waals surface area (Å²) in [5.74, 6) is 1.17. The number of carbonyl (C=O) groups excluding carboxylic acids is 1. The standard InChI is InChI=1S/C23H24N2O2/c1-17(2)21-24-13-14-25(21)16-20-15-23(22(26)27-20,18-9-5-3-6-10-18)19-11-7-4-8-12-19/h3-14,17,20H,15-16H2,1-2H3/t20-/m1/s1. The van der Waals surface area contributed by atoms with Gasteiger partial charge in [0, 0.05) is 24.7 Å². The molecule has 0 unspecified atom stereocenters. The first-order valence-corrected chi connectivity index (χ1v) is 9.44. The Balaban J connectivity index is 1.71. The summed E-state index contributed by atoms with van der Waals surface area (Å²) in [6.45, 7) is 4.87. The summed E-state index contributed by atoms with van der Waals surface area (Å²) < 4.78 is 8.01. The van der Waals surface area contributed by atoms with Crippen LogP contribution in [0.1, 0.15) is 43.1 Å². The molecule has 1 aliphatic heterocycles. The molecular weight excluding hydrogens is 336 g/mol. The molecule has 3 aromatic rings. The minimum Gasteiger partial charge on any atom is -0.459 e. The number of carbonyl (C=O) groups is 1. The second kappa shape index (κ2) is 7.03. The van der Waals surface area contributed by atoms with Gasteiger partial charge in [0.1, 0.15) is 17.3 Å². The molecule has 1 aromatic heterocycles. The van der Waals surface area contributed by atoms with Crippen LogP contribution in [0.3, 0.4) is 0 Å². The van der Waals surface area contributed by atoms with Gasteiger partial charge in [-0.25, -0.2) is 4.98 Å². The number of esters is 1. The Labute approximate surface area is 159 Å². The summed E-state index contributed by atoms with van der Waals surface area (Å²) in [4.78, 5) is 17.7. The molecule has 1 atom stereocenters. The second-order valence-electron chi connectivity index (χ2n) is 7.46. The minimum atomic E-state index is -0.758. The zero-order chi connectivity index (χ0) is 18.9. The maximum atomic E-state index is 13.2. The Bertz CT molecular complexity index is 876. The number of imidazole rings is 1. The maximum Gasteiger partial charge on any atom is 0.321 e. The van der Waals surface area contributed by atoms with E-state index in [9.17, 15) is 4.79 Å². The van der Waals surface area contributed by atoms with Crippen LogP contribution in [0.25, 0.3) is 0 Å². The van der Waals surface area contributed by atoms with Crippen LogP contribution < -0.4 is 0 Å². The molecular formula is C23H24N2O2. The Morgan fingerprint density at radius 2 is 1.67 bits per heavy atom. The number of nitrogens with zero attached hydrogens (tertiary/aromatic N) is 2. The van der Waals surface area contributed by atoms with Gasteiger partial charge < -0.3 is 9.30 Å². The zero-order valence-electron chi connectivity index (χ0n) is 15.7.